The monoisotopic (exact) mass is 634 g/mol. The smallest absolute Gasteiger partial charge is 0.387 e. The summed E-state index contributed by atoms with van der Waals surface area (Å²) in [6, 6.07) is 9.32. The highest BCUT2D eigenvalue weighted by molar-refractivity contribution is 6.05. The van der Waals surface area contributed by atoms with Crippen molar-refractivity contribution in [2.75, 3.05) is 31.3 Å². The average molecular weight is 635 g/mol. The highest BCUT2D eigenvalue weighted by Gasteiger charge is 2.23. The number of alkyl halides is 2. The molecule has 1 saturated heterocycles. The fraction of sp³-hybridized carbons (Fsp3) is 0.258. The number of hydrogen-bond acceptors (Lipinski definition) is 10. The first kappa shape index (κ1) is 30.6. The molecule has 0 saturated carbocycles. The lowest BCUT2D eigenvalue weighted by Gasteiger charge is -2.17. The Morgan fingerprint density at radius 2 is 1.91 bits per heavy atom. The number of nitrogens with one attached hydrogen (secondary N) is 2. The van der Waals surface area contributed by atoms with Crippen LogP contribution in [0.1, 0.15) is 18.4 Å². The SMILES string of the molecule is COc1cc(Oc2ccn3ncnc3c2)c(C)cc1Nc1ncnc2cc(OC(F)F)c(NC(=O)/C(F)=C\C3CCCN3C)cc12. The largest absolute Gasteiger partial charge is 0.494 e. The number of likely N-dealkylation sites (N-methyl/N-ethyl adjacent to an activating group) is 1. The number of aryl methyl sites for hydroxylation is 1. The summed E-state index contributed by atoms with van der Waals surface area (Å²) in [4.78, 5) is 27.4. The van der Waals surface area contributed by atoms with Crippen LogP contribution in [-0.2, 0) is 4.79 Å². The zero-order valence-corrected chi connectivity index (χ0v) is 25.0. The first-order chi connectivity index (χ1) is 22.2. The predicted octanol–water partition coefficient (Wildman–Crippen LogP) is 6.01. The lowest BCUT2D eigenvalue weighted by molar-refractivity contribution is -0.114. The maximum absolute atomic E-state index is 14.9. The van der Waals surface area contributed by atoms with Crippen molar-refractivity contribution < 1.29 is 32.2 Å². The van der Waals surface area contributed by atoms with Gasteiger partial charge < -0.3 is 24.8 Å². The molecule has 1 aliphatic rings. The fourth-order valence-electron chi connectivity index (χ4n) is 5.21. The molecule has 1 amide bonds. The minimum absolute atomic E-state index is 0.185. The highest BCUT2D eigenvalue weighted by Crippen LogP contribution is 2.39. The van der Waals surface area contributed by atoms with Gasteiger partial charge in [0.1, 0.15) is 35.7 Å². The van der Waals surface area contributed by atoms with Gasteiger partial charge in [-0.15, -0.1) is 0 Å². The summed E-state index contributed by atoms with van der Waals surface area (Å²) >= 11 is 0. The van der Waals surface area contributed by atoms with Gasteiger partial charge in [0.2, 0.25) is 0 Å². The number of rotatable bonds is 10. The molecule has 0 aliphatic carbocycles. The second kappa shape index (κ2) is 12.9. The van der Waals surface area contributed by atoms with Gasteiger partial charge in [0.05, 0.1) is 24.0 Å². The van der Waals surface area contributed by atoms with Crippen LogP contribution < -0.4 is 24.8 Å². The molecule has 6 rings (SSSR count). The van der Waals surface area contributed by atoms with Gasteiger partial charge in [0.25, 0.3) is 5.91 Å². The van der Waals surface area contributed by atoms with E-state index in [4.69, 9.17) is 9.47 Å². The van der Waals surface area contributed by atoms with Crippen LogP contribution in [0.2, 0.25) is 0 Å². The number of likely N-dealkylation sites (tertiary alicyclic amines) is 1. The molecule has 46 heavy (non-hydrogen) atoms. The number of fused-ring (bicyclic) bond motifs is 2. The molecular formula is C31H29F3N8O4. The van der Waals surface area contributed by atoms with Gasteiger partial charge in [-0.25, -0.2) is 23.9 Å². The third kappa shape index (κ3) is 6.49. The molecule has 1 unspecified atom stereocenters. The number of nitrogens with zero attached hydrogens (tertiary/aromatic N) is 6. The van der Waals surface area contributed by atoms with Crippen molar-refractivity contribution in [3.05, 3.63) is 72.7 Å². The molecule has 5 aromatic rings. The number of carbonyl (C=O) groups is 1. The first-order valence-corrected chi connectivity index (χ1v) is 14.2. The molecule has 3 aromatic heterocycles. The van der Waals surface area contributed by atoms with E-state index in [1.165, 1.54) is 38.0 Å². The normalized spacial score (nSPS) is 15.5. The van der Waals surface area contributed by atoms with Gasteiger partial charge >= 0.3 is 6.61 Å². The molecule has 15 heteroatoms. The number of aromatic nitrogens is 5. The van der Waals surface area contributed by atoms with Gasteiger partial charge in [-0.05, 0) is 63.2 Å². The molecule has 0 spiro atoms. The first-order valence-electron chi connectivity index (χ1n) is 14.2. The number of ether oxygens (including phenoxy) is 3. The van der Waals surface area contributed by atoms with Crippen molar-refractivity contribution >= 4 is 39.6 Å². The van der Waals surface area contributed by atoms with Crippen molar-refractivity contribution in [2.45, 2.75) is 32.4 Å². The van der Waals surface area contributed by atoms with E-state index in [2.05, 4.69) is 35.4 Å². The Morgan fingerprint density at radius 1 is 1.07 bits per heavy atom. The molecule has 0 bridgehead atoms. The molecule has 238 valence electrons. The van der Waals surface area contributed by atoms with E-state index in [1.54, 1.807) is 35.0 Å². The van der Waals surface area contributed by atoms with Crippen molar-refractivity contribution in [3.63, 3.8) is 0 Å². The van der Waals surface area contributed by atoms with E-state index in [0.29, 0.717) is 40.4 Å². The minimum atomic E-state index is -3.20. The van der Waals surface area contributed by atoms with Gasteiger partial charge in [0, 0.05) is 35.8 Å². The number of anilines is 3. The van der Waals surface area contributed by atoms with Gasteiger partial charge in [-0.3, -0.25) is 9.69 Å². The number of halogens is 3. The Kier molecular flexibility index (Phi) is 8.57. The number of amides is 1. The Balaban J connectivity index is 1.31. The zero-order chi connectivity index (χ0) is 32.4. The Hall–Kier alpha value is -5.44. The molecule has 1 aliphatic heterocycles. The lowest BCUT2D eigenvalue weighted by atomic mass is 10.1. The molecule has 4 heterocycles. The van der Waals surface area contributed by atoms with Crippen LogP contribution in [0.3, 0.4) is 0 Å². The van der Waals surface area contributed by atoms with Crippen LogP contribution in [-0.4, -0.2) is 68.7 Å². The predicted molar refractivity (Wildman–Crippen MR) is 164 cm³/mol. The molecule has 0 radical (unpaired) electrons. The average Bonchev–Trinajstić information content (AvgIpc) is 3.66. The Bertz CT molecular complexity index is 1950. The van der Waals surface area contributed by atoms with E-state index in [0.717, 1.165) is 18.5 Å². The standard InChI is InChI=1S/C31H29F3N8O4/c1-17-9-23(26(44-3)14-25(17)45-19-6-8-42-28(11-19)36-16-38-42)39-29-20-12-24(27(46-31(33)34)13-22(20)35-15-37-29)40-30(43)21(32)10-18-5-4-7-41(18)2/h6,8-16,18,31H,4-5,7H2,1-3H3,(H,40,43)(H,35,37,39)/b21-10+. The summed E-state index contributed by atoms with van der Waals surface area (Å²) in [5, 5.41) is 9.97. The van der Waals surface area contributed by atoms with Crippen molar-refractivity contribution in [1.82, 2.24) is 29.5 Å². The Morgan fingerprint density at radius 3 is 2.67 bits per heavy atom. The van der Waals surface area contributed by atoms with Crippen molar-refractivity contribution in [3.8, 4) is 23.0 Å². The number of carbonyl (C=O) groups excluding carboxylic acids is 1. The van der Waals surface area contributed by atoms with E-state index >= 15 is 0 Å². The van der Waals surface area contributed by atoms with Crippen LogP contribution in [0, 0.1) is 6.92 Å². The molecule has 1 fully saturated rings. The van der Waals surface area contributed by atoms with Gasteiger partial charge in [-0.1, -0.05) is 0 Å². The number of methoxy groups -OCH3 is 1. The zero-order valence-electron chi connectivity index (χ0n) is 25.0. The Labute approximate surface area is 260 Å². The fourth-order valence-corrected chi connectivity index (χ4v) is 5.21. The van der Waals surface area contributed by atoms with Crippen LogP contribution in [0.15, 0.2) is 67.2 Å². The summed E-state index contributed by atoms with van der Waals surface area (Å²) in [6.45, 7) is -0.574. The summed E-state index contributed by atoms with van der Waals surface area (Å²) in [6.07, 6.45) is 7.22. The summed E-state index contributed by atoms with van der Waals surface area (Å²) < 4.78 is 59.5. The number of hydrogen-bond donors (Lipinski definition) is 2. The third-order valence-electron chi connectivity index (χ3n) is 7.56. The summed E-state index contributed by atoms with van der Waals surface area (Å²) in [5.74, 6) is -0.773. The maximum atomic E-state index is 14.9. The second-order valence-electron chi connectivity index (χ2n) is 10.6. The quantitative estimate of drug-likeness (QED) is 0.176. The third-order valence-corrected chi connectivity index (χ3v) is 7.56. The lowest BCUT2D eigenvalue weighted by Crippen LogP contribution is -2.24. The van der Waals surface area contributed by atoms with Crippen LogP contribution >= 0.6 is 0 Å². The molecule has 1 atom stereocenters. The van der Waals surface area contributed by atoms with Crippen molar-refractivity contribution in [1.29, 1.82) is 0 Å². The second-order valence-corrected chi connectivity index (χ2v) is 10.6. The van der Waals surface area contributed by atoms with Crippen molar-refractivity contribution in [2.24, 2.45) is 0 Å². The van der Waals surface area contributed by atoms with Crippen LogP contribution in [0.4, 0.5) is 30.4 Å². The molecular weight excluding hydrogens is 605 g/mol. The van der Waals surface area contributed by atoms with E-state index in [1.807, 2.05) is 18.9 Å². The van der Waals surface area contributed by atoms with E-state index in [-0.39, 0.29) is 28.8 Å². The number of pyridine rings is 1. The van der Waals surface area contributed by atoms with Gasteiger partial charge in [0.15, 0.2) is 17.2 Å². The maximum Gasteiger partial charge on any atom is 0.387 e. The van der Waals surface area contributed by atoms with Gasteiger partial charge in [-0.2, -0.15) is 13.9 Å². The number of benzene rings is 2. The van der Waals surface area contributed by atoms with E-state index < -0.39 is 18.3 Å². The highest BCUT2D eigenvalue weighted by atomic mass is 19.3. The molecule has 2 aromatic carbocycles. The van der Waals surface area contributed by atoms with Crippen LogP contribution in [0.5, 0.6) is 23.0 Å². The van der Waals surface area contributed by atoms with E-state index in [9.17, 15) is 18.0 Å². The summed E-state index contributed by atoms with van der Waals surface area (Å²) in [5.41, 5.74) is 1.92. The topological polar surface area (TPSA) is 128 Å². The minimum Gasteiger partial charge on any atom is -0.494 e. The summed E-state index contributed by atoms with van der Waals surface area (Å²) in [7, 11) is 3.33. The van der Waals surface area contributed by atoms with Crippen LogP contribution in [0.25, 0.3) is 16.6 Å². The molecule has 12 nitrogen and oxygen atoms in total. The molecule has 2 N–H and O–H groups in total.